The maximum atomic E-state index is 12.4. The maximum absolute atomic E-state index is 12.4. The molecular formula is C20H17BrN6OS. The van der Waals surface area contributed by atoms with Crippen molar-refractivity contribution in [2.75, 3.05) is 11.6 Å². The van der Waals surface area contributed by atoms with Gasteiger partial charge in [-0.3, -0.25) is 9.89 Å². The van der Waals surface area contributed by atoms with Crippen molar-refractivity contribution in [2.45, 2.75) is 12.1 Å². The Hall–Kier alpha value is -2.91. The summed E-state index contributed by atoms with van der Waals surface area (Å²) in [5.41, 5.74) is 4.27. The molecular weight excluding hydrogens is 452 g/mol. The van der Waals surface area contributed by atoms with Gasteiger partial charge in [0.15, 0.2) is 5.78 Å². The molecule has 0 spiro atoms. The predicted octanol–water partition coefficient (Wildman–Crippen LogP) is 4.09. The number of aromatic amines is 1. The number of nitrogens with zero attached hydrogens (tertiary/aromatic N) is 4. The fraction of sp³-hybridized carbons (Fsp3) is 0.100. The van der Waals surface area contributed by atoms with Crippen LogP contribution in [0.1, 0.15) is 15.9 Å². The van der Waals surface area contributed by atoms with Crippen molar-refractivity contribution in [1.82, 2.24) is 25.1 Å². The summed E-state index contributed by atoms with van der Waals surface area (Å²) in [6, 6.07) is 17.2. The molecule has 0 aliphatic rings. The first-order valence-corrected chi connectivity index (χ1v) is 10.5. The Balaban J connectivity index is 1.48. The predicted molar refractivity (Wildman–Crippen MR) is 117 cm³/mol. The minimum Gasteiger partial charge on any atom is -0.335 e. The fourth-order valence-corrected chi connectivity index (χ4v) is 3.73. The number of ketones is 1. The number of H-pyrrole nitrogens is 1. The van der Waals surface area contributed by atoms with Gasteiger partial charge in [-0.15, -0.1) is 10.2 Å². The lowest BCUT2D eigenvalue weighted by Crippen LogP contribution is -2.13. The lowest BCUT2D eigenvalue weighted by atomic mass is 10.1. The number of thioether (sulfide) groups is 1. The molecule has 146 valence electrons. The summed E-state index contributed by atoms with van der Waals surface area (Å²) < 4.78 is 2.30. The molecule has 0 atom stereocenters. The maximum Gasteiger partial charge on any atom is 0.210 e. The van der Waals surface area contributed by atoms with E-state index in [0.717, 1.165) is 15.7 Å². The fourth-order valence-electron chi connectivity index (χ4n) is 2.72. The summed E-state index contributed by atoms with van der Waals surface area (Å²) in [4.78, 5) is 12.4. The Bertz CT molecular complexity index is 1150. The van der Waals surface area contributed by atoms with Crippen molar-refractivity contribution >= 4 is 33.5 Å². The quantitative estimate of drug-likeness (QED) is 0.251. The molecule has 2 heterocycles. The van der Waals surface area contributed by atoms with Crippen LogP contribution < -0.4 is 5.84 Å². The lowest BCUT2D eigenvalue weighted by molar-refractivity contribution is 0.102. The highest BCUT2D eigenvalue weighted by Gasteiger charge is 2.16. The van der Waals surface area contributed by atoms with Gasteiger partial charge in [0.1, 0.15) is 5.69 Å². The molecule has 0 bridgehead atoms. The van der Waals surface area contributed by atoms with E-state index in [1.807, 2.05) is 49.4 Å². The molecule has 2 aromatic heterocycles. The van der Waals surface area contributed by atoms with Gasteiger partial charge in [0.25, 0.3) is 0 Å². The monoisotopic (exact) mass is 468 g/mol. The molecule has 0 fully saturated rings. The largest absolute Gasteiger partial charge is 0.335 e. The average Bonchev–Trinajstić information content (AvgIpc) is 3.34. The van der Waals surface area contributed by atoms with E-state index < -0.39 is 0 Å². The van der Waals surface area contributed by atoms with Crippen molar-refractivity contribution < 1.29 is 4.79 Å². The van der Waals surface area contributed by atoms with Crippen molar-refractivity contribution in [3.63, 3.8) is 0 Å². The zero-order chi connectivity index (χ0) is 20.4. The van der Waals surface area contributed by atoms with Gasteiger partial charge in [0.2, 0.25) is 11.0 Å². The zero-order valence-electron chi connectivity index (χ0n) is 15.5. The first-order chi connectivity index (χ1) is 14.0. The van der Waals surface area contributed by atoms with Gasteiger partial charge >= 0.3 is 0 Å². The molecule has 29 heavy (non-hydrogen) atoms. The van der Waals surface area contributed by atoms with Crippen LogP contribution in [-0.2, 0) is 0 Å². The number of nitrogens with one attached hydrogen (secondary N) is 1. The number of aromatic nitrogens is 5. The first-order valence-electron chi connectivity index (χ1n) is 8.76. The molecule has 0 aliphatic carbocycles. The molecule has 4 rings (SSSR count). The number of nitrogens with two attached hydrogens (primary N) is 1. The Morgan fingerprint density at radius 2 is 1.86 bits per heavy atom. The zero-order valence-corrected chi connectivity index (χ0v) is 17.9. The Morgan fingerprint density at radius 1 is 1.14 bits per heavy atom. The van der Waals surface area contributed by atoms with Crippen LogP contribution >= 0.6 is 27.7 Å². The molecule has 0 aliphatic heterocycles. The first kappa shape index (κ1) is 19.4. The average molecular weight is 469 g/mol. The van der Waals surface area contributed by atoms with Crippen LogP contribution in [0.3, 0.4) is 0 Å². The second-order valence-corrected chi connectivity index (χ2v) is 8.29. The molecule has 0 saturated heterocycles. The molecule has 2 aromatic carbocycles. The van der Waals surface area contributed by atoms with Gasteiger partial charge in [0.05, 0.1) is 11.4 Å². The summed E-state index contributed by atoms with van der Waals surface area (Å²) >= 11 is 4.60. The molecule has 4 aromatic rings. The molecule has 3 N–H and O–H groups in total. The summed E-state index contributed by atoms with van der Waals surface area (Å²) in [7, 11) is 0. The van der Waals surface area contributed by atoms with Crippen molar-refractivity contribution in [1.29, 1.82) is 0 Å². The van der Waals surface area contributed by atoms with Crippen LogP contribution in [-0.4, -0.2) is 36.6 Å². The number of nitrogen functional groups attached to an aromatic ring is 1. The molecule has 7 nitrogen and oxygen atoms in total. The van der Waals surface area contributed by atoms with Crippen molar-refractivity contribution in [2.24, 2.45) is 0 Å². The highest BCUT2D eigenvalue weighted by Crippen LogP contribution is 2.25. The summed E-state index contributed by atoms with van der Waals surface area (Å²) in [5.74, 6) is 6.82. The number of halogens is 1. The van der Waals surface area contributed by atoms with Crippen LogP contribution in [0.2, 0.25) is 0 Å². The van der Waals surface area contributed by atoms with E-state index in [9.17, 15) is 4.79 Å². The van der Waals surface area contributed by atoms with Gasteiger partial charge in [-0.25, -0.2) is 4.68 Å². The van der Waals surface area contributed by atoms with Gasteiger partial charge in [-0.2, -0.15) is 5.10 Å². The minimum absolute atomic E-state index is 0.00440. The SMILES string of the molecule is Cc1ccc(-c2cc(-c3nnc(SCC(=O)c4ccc(Br)cc4)n3N)[nH]n2)cc1. The smallest absolute Gasteiger partial charge is 0.210 e. The van der Waals surface area contributed by atoms with E-state index in [-0.39, 0.29) is 11.5 Å². The van der Waals surface area contributed by atoms with E-state index in [4.69, 9.17) is 5.84 Å². The number of rotatable bonds is 6. The van der Waals surface area contributed by atoms with Gasteiger partial charge in [-0.05, 0) is 25.1 Å². The van der Waals surface area contributed by atoms with Crippen molar-refractivity contribution in [3.05, 3.63) is 70.2 Å². The summed E-state index contributed by atoms with van der Waals surface area (Å²) in [6.07, 6.45) is 0. The summed E-state index contributed by atoms with van der Waals surface area (Å²) in [5, 5.41) is 16.0. The standard InChI is InChI=1S/C20H17BrN6OS/c1-12-2-4-13(5-3-12)16-10-17(24-23-16)19-25-26-20(27(19)22)29-11-18(28)14-6-8-15(21)9-7-14/h2-10H,11,22H2,1H3,(H,23,24). The third kappa shape index (κ3) is 4.25. The molecule has 9 heteroatoms. The Kier molecular flexibility index (Phi) is 5.50. The third-order valence-electron chi connectivity index (χ3n) is 4.33. The Labute approximate surface area is 179 Å². The number of carbonyl (C=O) groups excluding carboxylic acids is 1. The van der Waals surface area contributed by atoms with Gasteiger partial charge < -0.3 is 5.84 Å². The minimum atomic E-state index is -0.00440. The van der Waals surface area contributed by atoms with Gasteiger partial charge in [0, 0.05) is 15.6 Å². The van der Waals surface area contributed by atoms with Gasteiger partial charge in [-0.1, -0.05) is 69.7 Å². The second kappa shape index (κ2) is 8.22. The van der Waals surface area contributed by atoms with Crippen LogP contribution in [0.25, 0.3) is 22.8 Å². The second-order valence-electron chi connectivity index (χ2n) is 6.43. The van der Waals surface area contributed by atoms with Crippen LogP contribution in [0, 0.1) is 6.92 Å². The number of hydrogen-bond donors (Lipinski definition) is 2. The molecule has 0 radical (unpaired) electrons. The number of carbonyl (C=O) groups is 1. The number of hydrogen-bond acceptors (Lipinski definition) is 6. The normalized spacial score (nSPS) is 11.0. The molecule has 0 amide bonds. The lowest BCUT2D eigenvalue weighted by Gasteiger charge is -2.03. The molecule has 0 unspecified atom stereocenters. The number of Topliss-reactive ketones (excluding diaryl/α,β-unsaturated/α-hetero) is 1. The van der Waals surface area contributed by atoms with Crippen LogP contribution in [0.15, 0.2) is 64.2 Å². The van der Waals surface area contributed by atoms with E-state index >= 15 is 0 Å². The number of benzene rings is 2. The molecule has 0 saturated carbocycles. The Morgan fingerprint density at radius 3 is 2.59 bits per heavy atom. The highest BCUT2D eigenvalue weighted by molar-refractivity contribution is 9.10. The third-order valence-corrected chi connectivity index (χ3v) is 5.80. The van der Waals surface area contributed by atoms with Crippen LogP contribution in [0.5, 0.6) is 0 Å². The summed E-state index contributed by atoms with van der Waals surface area (Å²) in [6.45, 7) is 2.04. The van der Waals surface area contributed by atoms with E-state index in [0.29, 0.717) is 22.2 Å². The van der Waals surface area contributed by atoms with E-state index in [1.165, 1.54) is 22.0 Å². The van der Waals surface area contributed by atoms with E-state index in [1.54, 1.807) is 12.1 Å². The van der Waals surface area contributed by atoms with E-state index in [2.05, 4.69) is 36.3 Å². The van der Waals surface area contributed by atoms with Crippen LogP contribution in [0.4, 0.5) is 0 Å². The van der Waals surface area contributed by atoms with Crippen molar-refractivity contribution in [3.8, 4) is 22.8 Å². The topological polar surface area (TPSA) is 102 Å². The number of aryl methyl sites for hydroxylation is 1. The highest BCUT2D eigenvalue weighted by atomic mass is 79.9.